The molecule has 0 spiro atoms. The molecule has 0 heterocycles. The molecule has 1 atom stereocenters. The fourth-order valence-electron chi connectivity index (χ4n) is 1.08. The second-order valence-electron chi connectivity index (χ2n) is 3.13. The van der Waals surface area contributed by atoms with E-state index in [4.69, 9.17) is 0 Å². The van der Waals surface area contributed by atoms with Crippen molar-refractivity contribution in [3.05, 3.63) is 12.2 Å². The van der Waals surface area contributed by atoms with Crippen molar-refractivity contribution in [1.82, 2.24) is 5.32 Å². The van der Waals surface area contributed by atoms with Gasteiger partial charge < -0.3 is 5.32 Å². The van der Waals surface area contributed by atoms with Crippen LogP contribution in [0, 0.1) is 0 Å². The lowest BCUT2D eigenvalue weighted by Gasteiger charge is -2.17. The van der Waals surface area contributed by atoms with Gasteiger partial charge in [-0.1, -0.05) is 19.1 Å². The molecule has 0 aliphatic heterocycles. The van der Waals surface area contributed by atoms with Gasteiger partial charge in [0, 0.05) is 6.04 Å². The lowest BCUT2D eigenvalue weighted by molar-refractivity contribution is 0.556. The molecule has 2 heteroatoms. The van der Waals surface area contributed by atoms with Crippen LogP contribution in [0.15, 0.2) is 12.2 Å². The Kier molecular flexibility index (Phi) is 7.72. The molecule has 0 saturated heterocycles. The molecule has 0 fully saturated rings. The maximum absolute atomic E-state index is 3.99. The van der Waals surface area contributed by atoms with Crippen molar-refractivity contribution < 1.29 is 0 Å². The summed E-state index contributed by atoms with van der Waals surface area (Å²) >= 11 is 1.90. The summed E-state index contributed by atoms with van der Waals surface area (Å²) in [4.78, 5) is 0. The van der Waals surface area contributed by atoms with Crippen molar-refractivity contribution >= 4 is 11.8 Å². The van der Waals surface area contributed by atoms with E-state index in [1.807, 2.05) is 11.8 Å². The molecule has 0 aliphatic carbocycles. The lowest BCUT2D eigenvalue weighted by Crippen LogP contribution is -2.31. The Labute approximate surface area is 81.0 Å². The van der Waals surface area contributed by atoms with E-state index < -0.39 is 0 Å². The summed E-state index contributed by atoms with van der Waals surface area (Å²) in [6.07, 6.45) is 4.55. The first kappa shape index (κ1) is 12.0. The Bertz CT molecular complexity index is 115. The number of thioether (sulfide) groups is 1. The highest BCUT2D eigenvalue weighted by molar-refractivity contribution is 7.98. The van der Waals surface area contributed by atoms with Gasteiger partial charge in [0.1, 0.15) is 0 Å². The van der Waals surface area contributed by atoms with Crippen LogP contribution in [0.2, 0.25) is 0 Å². The van der Waals surface area contributed by atoms with Crippen LogP contribution in [0.1, 0.15) is 26.7 Å². The van der Waals surface area contributed by atoms with Crippen LogP contribution in [0.3, 0.4) is 0 Å². The van der Waals surface area contributed by atoms with Gasteiger partial charge in [0.2, 0.25) is 0 Å². The highest BCUT2D eigenvalue weighted by Crippen LogP contribution is 2.07. The quantitative estimate of drug-likeness (QED) is 0.615. The van der Waals surface area contributed by atoms with Gasteiger partial charge in [-0.05, 0) is 38.3 Å². The second kappa shape index (κ2) is 7.69. The van der Waals surface area contributed by atoms with Crippen molar-refractivity contribution in [1.29, 1.82) is 0 Å². The zero-order valence-electron chi connectivity index (χ0n) is 8.52. The SMILES string of the molecule is C=C(C)[C@H](CCSC)NCCC. The Balaban J connectivity index is 3.62. The summed E-state index contributed by atoms with van der Waals surface area (Å²) in [5.74, 6) is 1.22. The van der Waals surface area contributed by atoms with Gasteiger partial charge in [-0.15, -0.1) is 0 Å². The average molecular weight is 187 g/mol. The molecule has 0 aromatic carbocycles. The van der Waals surface area contributed by atoms with Gasteiger partial charge in [0.15, 0.2) is 0 Å². The number of rotatable bonds is 7. The molecule has 0 amide bonds. The summed E-state index contributed by atoms with van der Waals surface area (Å²) in [6, 6.07) is 0.525. The molecule has 1 nitrogen and oxygen atoms in total. The number of hydrogen-bond acceptors (Lipinski definition) is 2. The van der Waals surface area contributed by atoms with Gasteiger partial charge in [0.25, 0.3) is 0 Å². The van der Waals surface area contributed by atoms with Crippen LogP contribution in [-0.2, 0) is 0 Å². The monoisotopic (exact) mass is 187 g/mol. The summed E-state index contributed by atoms with van der Waals surface area (Å²) < 4.78 is 0. The van der Waals surface area contributed by atoms with Crippen LogP contribution >= 0.6 is 11.8 Å². The zero-order chi connectivity index (χ0) is 9.40. The van der Waals surface area contributed by atoms with E-state index >= 15 is 0 Å². The van der Waals surface area contributed by atoms with Gasteiger partial charge >= 0.3 is 0 Å². The lowest BCUT2D eigenvalue weighted by atomic mass is 10.1. The van der Waals surface area contributed by atoms with E-state index in [2.05, 4.69) is 32.0 Å². The maximum Gasteiger partial charge on any atom is 0.0281 e. The first-order valence-electron chi connectivity index (χ1n) is 4.60. The molecule has 72 valence electrons. The molecule has 12 heavy (non-hydrogen) atoms. The van der Waals surface area contributed by atoms with Crippen molar-refractivity contribution in [2.24, 2.45) is 0 Å². The van der Waals surface area contributed by atoms with E-state index in [1.165, 1.54) is 24.2 Å². The fraction of sp³-hybridized carbons (Fsp3) is 0.800. The third-order valence-electron chi connectivity index (χ3n) is 1.85. The Hall–Kier alpha value is 0.0500. The van der Waals surface area contributed by atoms with Crippen molar-refractivity contribution in [2.45, 2.75) is 32.7 Å². The topological polar surface area (TPSA) is 12.0 Å². The van der Waals surface area contributed by atoms with Crippen LogP contribution in [-0.4, -0.2) is 24.6 Å². The number of hydrogen-bond donors (Lipinski definition) is 1. The molecule has 0 rings (SSSR count). The van der Waals surface area contributed by atoms with E-state index in [0.717, 1.165) is 6.54 Å². The van der Waals surface area contributed by atoms with Gasteiger partial charge in [-0.25, -0.2) is 0 Å². The summed E-state index contributed by atoms with van der Waals surface area (Å²) in [5.41, 5.74) is 1.26. The first-order chi connectivity index (χ1) is 5.72. The van der Waals surface area contributed by atoms with Gasteiger partial charge in [-0.3, -0.25) is 0 Å². The predicted molar refractivity (Wildman–Crippen MR) is 59.9 cm³/mol. The molecule has 0 unspecified atom stereocenters. The Morgan fingerprint density at radius 1 is 1.58 bits per heavy atom. The third kappa shape index (κ3) is 5.67. The minimum absolute atomic E-state index is 0.525. The molecule has 0 saturated carbocycles. The normalized spacial score (nSPS) is 12.9. The minimum Gasteiger partial charge on any atom is -0.310 e. The molecule has 0 aromatic heterocycles. The zero-order valence-corrected chi connectivity index (χ0v) is 9.34. The van der Waals surface area contributed by atoms with E-state index in [-0.39, 0.29) is 0 Å². The first-order valence-corrected chi connectivity index (χ1v) is 5.99. The number of nitrogens with one attached hydrogen (secondary N) is 1. The van der Waals surface area contributed by atoms with Crippen LogP contribution < -0.4 is 5.32 Å². The van der Waals surface area contributed by atoms with Gasteiger partial charge in [-0.2, -0.15) is 11.8 Å². The Morgan fingerprint density at radius 2 is 2.25 bits per heavy atom. The van der Waals surface area contributed by atoms with Crippen molar-refractivity contribution in [3.8, 4) is 0 Å². The van der Waals surface area contributed by atoms with E-state index in [9.17, 15) is 0 Å². The third-order valence-corrected chi connectivity index (χ3v) is 2.49. The van der Waals surface area contributed by atoms with E-state index in [0.29, 0.717) is 6.04 Å². The van der Waals surface area contributed by atoms with Crippen LogP contribution in [0.25, 0.3) is 0 Å². The highest BCUT2D eigenvalue weighted by Gasteiger charge is 2.06. The average Bonchev–Trinajstić information content (AvgIpc) is 2.04. The highest BCUT2D eigenvalue weighted by atomic mass is 32.2. The molecule has 1 N–H and O–H groups in total. The van der Waals surface area contributed by atoms with Crippen molar-refractivity contribution in [2.75, 3.05) is 18.6 Å². The predicted octanol–water partition coefficient (Wildman–Crippen LogP) is 2.68. The van der Waals surface area contributed by atoms with Crippen LogP contribution in [0.5, 0.6) is 0 Å². The minimum atomic E-state index is 0.525. The molecule has 0 bridgehead atoms. The molecular weight excluding hydrogens is 166 g/mol. The fourth-order valence-corrected chi connectivity index (χ4v) is 1.55. The standard InChI is InChI=1S/C10H21NS/c1-5-7-11-10(9(2)3)6-8-12-4/h10-11H,2,5-8H2,1,3-4H3/t10-/m0/s1. The van der Waals surface area contributed by atoms with E-state index in [1.54, 1.807) is 0 Å². The largest absolute Gasteiger partial charge is 0.310 e. The molecular formula is C10H21NS. The summed E-state index contributed by atoms with van der Waals surface area (Å²) in [7, 11) is 0. The van der Waals surface area contributed by atoms with Crippen LogP contribution in [0.4, 0.5) is 0 Å². The summed E-state index contributed by atoms with van der Waals surface area (Å²) in [6.45, 7) is 9.39. The van der Waals surface area contributed by atoms with Gasteiger partial charge in [0.05, 0.1) is 0 Å². The maximum atomic E-state index is 3.99. The second-order valence-corrected chi connectivity index (χ2v) is 4.12. The molecule has 0 aromatic rings. The molecule has 0 radical (unpaired) electrons. The Morgan fingerprint density at radius 3 is 2.67 bits per heavy atom. The smallest absolute Gasteiger partial charge is 0.0281 e. The summed E-state index contributed by atoms with van der Waals surface area (Å²) in [5, 5.41) is 3.49. The van der Waals surface area contributed by atoms with Crippen molar-refractivity contribution in [3.63, 3.8) is 0 Å². The molecule has 0 aliphatic rings.